The highest BCUT2D eigenvalue weighted by molar-refractivity contribution is 5.94. The van der Waals surface area contributed by atoms with Crippen molar-refractivity contribution in [2.75, 3.05) is 0 Å². The summed E-state index contributed by atoms with van der Waals surface area (Å²) in [5.74, 6) is 2.88. The zero-order valence-corrected chi connectivity index (χ0v) is 18.7. The maximum Gasteiger partial charge on any atom is 0.270 e. The van der Waals surface area contributed by atoms with Crippen LogP contribution in [0.15, 0.2) is 36.7 Å². The lowest BCUT2D eigenvalue weighted by Crippen LogP contribution is -2.25. The molecule has 0 saturated carbocycles. The largest absolute Gasteiger partial charge is 0.347 e. The smallest absolute Gasteiger partial charge is 0.270 e. The van der Waals surface area contributed by atoms with Gasteiger partial charge in [0.15, 0.2) is 5.82 Å². The van der Waals surface area contributed by atoms with E-state index in [9.17, 15) is 4.79 Å². The summed E-state index contributed by atoms with van der Waals surface area (Å²) in [5, 5.41) is 7.71. The van der Waals surface area contributed by atoms with Crippen molar-refractivity contribution in [3.63, 3.8) is 0 Å². The predicted octanol–water partition coefficient (Wildman–Crippen LogP) is 3.37. The number of hydrogen-bond acceptors (Lipinski definition) is 5. The Morgan fingerprint density at radius 2 is 2.03 bits per heavy atom. The van der Waals surface area contributed by atoms with Gasteiger partial charge >= 0.3 is 0 Å². The van der Waals surface area contributed by atoms with Crippen molar-refractivity contribution in [1.82, 2.24) is 34.4 Å². The number of aryl methyl sites for hydroxylation is 3. The van der Waals surface area contributed by atoms with Crippen LogP contribution in [0.1, 0.15) is 53.4 Å². The van der Waals surface area contributed by atoms with Crippen molar-refractivity contribution in [2.24, 2.45) is 5.92 Å². The molecule has 0 radical (unpaired) electrons. The summed E-state index contributed by atoms with van der Waals surface area (Å²) in [6.07, 6.45) is 6.47. The number of amides is 1. The van der Waals surface area contributed by atoms with Crippen LogP contribution in [0.4, 0.5) is 0 Å². The van der Waals surface area contributed by atoms with E-state index in [1.54, 1.807) is 10.6 Å². The summed E-state index contributed by atoms with van der Waals surface area (Å²) >= 11 is 0. The van der Waals surface area contributed by atoms with E-state index in [0.29, 0.717) is 30.4 Å². The first kappa shape index (κ1) is 20.4. The first-order valence-electron chi connectivity index (χ1n) is 11.2. The number of benzene rings is 1. The summed E-state index contributed by atoms with van der Waals surface area (Å²) in [4.78, 5) is 26.5. The van der Waals surface area contributed by atoms with Gasteiger partial charge in [-0.25, -0.2) is 19.6 Å². The Kier molecular flexibility index (Phi) is 5.20. The number of aromatic nitrogens is 6. The van der Waals surface area contributed by atoms with E-state index >= 15 is 0 Å². The molecule has 3 aromatic heterocycles. The second-order valence-electron chi connectivity index (χ2n) is 8.62. The fourth-order valence-corrected chi connectivity index (χ4v) is 4.19. The van der Waals surface area contributed by atoms with Crippen molar-refractivity contribution in [1.29, 1.82) is 0 Å². The van der Waals surface area contributed by atoms with Gasteiger partial charge in [-0.2, -0.15) is 5.10 Å². The van der Waals surface area contributed by atoms with E-state index < -0.39 is 0 Å². The molecule has 4 aromatic rings. The van der Waals surface area contributed by atoms with Gasteiger partial charge in [0, 0.05) is 37.5 Å². The topological polar surface area (TPSA) is 90.0 Å². The van der Waals surface area contributed by atoms with E-state index in [-0.39, 0.29) is 5.91 Å². The van der Waals surface area contributed by atoms with Crippen LogP contribution in [0, 0.1) is 12.8 Å². The molecule has 1 amide bonds. The average molecular weight is 430 g/mol. The number of carbonyl (C=O) groups is 1. The third-order valence-corrected chi connectivity index (χ3v) is 5.99. The molecular formula is C24H27N7O. The fourth-order valence-electron chi connectivity index (χ4n) is 4.19. The molecule has 8 heteroatoms. The molecule has 5 rings (SSSR count). The molecule has 1 N–H and O–H groups in total. The lowest BCUT2D eigenvalue weighted by molar-refractivity contribution is 0.0944. The molecule has 1 aliphatic heterocycles. The minimum absolute atomic E-state index is 0.150. The first-order valence-corrected chi connectivity index (χ1v) is 11.2. The van der Waals surface area contributed by atoms with Crippen molar-refractivity contribution >= 4 is 11.7 Å². The second kappa shape index (κ2) is 8.18. The minimum atomic E-state index is -0.150. The lowest BCUT2D eigenvalue weighted by Gasteiger charge is -2.17. The molecule has 0 saturated heterocycles. The number of carbonyl (C=O) groups excluding carboxylic acids is 1. The highest BCUT2D eigenvalue weighted by atomic mass is 16.1. The van der Waals surface area contributed by atoms with Gasteiger partial charge in [0.1, 0.15) is 11.5 Å². The van der Waals surface area contributed by atoms with Crippen LogP contribution in [0.2, 0.25) is 0 Å². The SMILES string of the molecule is CCc1nc2ncc(C)cn2c1C(=O)NCc1ccc(-c2nc3n(n2)CC(C)CC3)cc1. The summed E-state index contributed by atoms with van der Waals surface area (Å²) in [5.41, 5.74) is 4.29. The van der Waals surface area contributed by atoms with Gasteiger partial charge in [0.2, 0.25) is 5.78 Å². The van der Waals surface area contributed by atoms with E-state index in [1.165, 1.54) is 6.42 Å². The molecule has 164 valence electrons. The number of fused-ring (bicyclic) bond motifs is 2. The Labute approximate surface area is 186 Å². The normalized spacial score (nSPS) is 15.7. The highest BCUT2D eigenvalue weighted by Gasteiger charge is 2.20. The van der Waals surface area contributed by atoms with Crippen LogP contribution in [-0.4, -0.2) is 35.0 Å². The van der Waals surface area contributed by atoms with Gasteiger partial charge < -0.3 is 5.32 Å². The van der Waals surface area contributed by atoms with Gasteiger partial charge in [0.05, 0.1) is 5.69 Å². The predicted molar refractivity (Wildman–Crippen MR) is 121 cm³/mol. The number of rotatable bonds is 5. The van der Waals surface area contributed by atoms with Gasteiger partial charge in [-0.1, -0.05) is 38.1 Å². The van der Waals surface area contributed by atoms with Crippen LogP contribution in [-0.2, 0) is 25.9 Å². The molecule has 0 spiro atoms. The number of hydrogen-bond donors (Lipinski definition) is 1. The van der Waals surface area contributed by atoms with Crippen molar-refractivity contribution in [3.8, 4) is 11.4 Å². The molecule has 0 bridgehead atoms. The monoisotopic (exact) mass is 429 g/mol. The summed E-state index contributed by atoms with van der Waals surface area (Å²) in [6.45, 7) is 7.56. The van der Waals surface area contributed by atoms with Crippen LogP contribution in [0.3, 0.4) is 0 Å². The summed E-state index contributed by atoms with van der Waals surface area (Å²) in [6, 6.07) is 8.06. The molecule has 4 heterocycles. The molecule has 32 heavy (non-hydrogen) atoms. The lowest BCUT2D eigenvalue weighted by atomic mass is 10.0. The van der Waals surface area contributed by atoms with E-state index in [2.05, 4.69) is 27.3 Å². The molecule has 1 atom stereocenters. The average Bonchev–Trinajstić information content (AvgIpc) is 3.38. The molecule has 1 aliphatic rings. The van der Waals surface area contributed by atoms with Gasteiger partial charge in [0.25, 0.3) is 5.91 Å². The standard InChI is InChI=1S/C24H27N7O/c1-4-19-21(30-13-16(3)11-26-24(30)27-19)23(32)25-12-17-6-8-18(9-7-17)22-28-20-10-5-15(2)14-31(20)29-22/h6-9,11,13,15H,4-5,10,12,14H2,1-3H3,(H,25,32). The minimum Gasteiger partial charge on any atom is -0.347 e. The van der Waals surface area contributed by atoms with E-state index in [4.69, 9.17) is 4.98 Å². The number of nitrogens with one attached hydrogen (secondary N) is 1. The van der Waals surface area contributed by atoms with E-state index in [0.717, 1.165) is 47.0 Å². The molecule has 0 fully saturated rings. The molecule has 0 aliphatic carbocycles. The third kappa shape index (κ3) is 3.77. The van der Waals surface area contributed by atoms with Crippen molar-refractivity contribution in [2.45, 2.75) is 53.1 Å². The Morgan fingerprint density at radius 3 is 2.81 bits per heavy atom. The maximum absolute atomic E-state index is 13.0. The molecule has 1 unspecified atom stereocenters. The van der Waals surface area contributed by atoms with Crippen molar-refractivity contribution in [3.05, 3.63) is 65.0 Å². The van der Waals surface area contributed by atoms with Gasteiger partial charge in [-0.05, 0) is 36.8 Å². The van der Waals surface area contributed by atoms with Crippen LogP contribution >= 0.6 is 0 Å². The zero-order chi connectivity index (χ0) is 22.2. The fraction of sp³-hybridized carbons (Fsp3) is 0.375. The second-order valence-corrected chi connectivity index (χ2v) is 8.62. The number of nitrogens with zero attached hydrogens (tertiary/aromatic N) is 6. The first-order chi connectivity index (χ1) is 15.5. The molecule has 1 aromatic carbocycles. The van der Waals surface area contributed by atoms with Gasteiger partial charge in [-0.15, -0.1) is 0 Å². The Balaban J connectivity index is 1.30. The molecule has 8 nitrogen and oxygen atoms in total. The summed E-state index contributed by atoms with van der Waals surface area (Å²) in [7, 11) is 0. The highest BCUT2D eigenvalue weighted by Crippen LogP contribution is 2.22. The quantitative estimate of drug-likeness (QED) is 0.525. The Bertz CT molecular complexity index is 1290. The Hall–Kier alpha value is -3.55. The van der Waals surface area contributed by atoms with Crippen LogP contribution in [0.25, 0.3) is 17.2 Å². The van der Waals surface area contributed by atoms with E-state index in [1.807, 2.05) is 49.0 Å². The van der Waals surface area contributed by atoms with Gasteiger partial charge in [-0.3, -0.25) is 9.20 Å². The van der Waals surface area contributed by atoms with Crippen LogP contribution in [0.5, 0.6) is 0 Å². The summed E-state index contributed by atoms with van der Waals surface area (Å²) < 4.78 is 3.81. The van der Waals surface area contributed by atoms with Crippen molar-refractivity contribution < 1.29 is 4.79 Å². The molecular weight excluding hydrogens is 402 g/mol. The van der Waals surface area contributed by atoms with Crippen LogP contribution < -0.4 is 5.32 Å². The maximum atomic E-state index is 13.0. The Morgan fingerprint density at radius 1 is 1.22 bits per heavy atom. The number of imidazole rings is 1. The third-order valence-electron chi connectivity index (χ3n) is 5.99. The zero-order valence-electron chi connectivity index (χ0n) is 18.7.